The highest BCUT2D eigenvalue weighted by Crippen LogP contribution is 2.12. The molecule has 1 amide bonds. The Morgan fingerprint density at radius 3 is 2.62 bits per heavy atom. The molecule has 6 nitrogen and oxygen atoms in total. The van der Waals surface area contributed by atoms with Crippen LogP contribution in [0.1, 0.15) is 12.0 Å². The van der Waals surface area contributed by atoms with Gasteiger partial charge in [0.05, 0.1) is 13.2 Å². The molecule has 120 valence electrons. The number of morpholine rings is 1. The maximum absolute atomic E-state index is 11.3. The largest absolute Gasteiger partial charge is 0.378 e. The van der Waals surface area contributed by atoms with E-state index in [0.717, 1.165) is 37.7 Å². The number of carbonyl (C=O) groups excluding carboxylic acids is 1. The van der Waals surface area contributed by atoms with Gasteiger partial charge in [-0.05, 0) is 11.6 Å². The maximum Gasteiger partial charge on any atom is 0.221 e. The predicted octanol–water partition coefficient (Wildman–Crippen LogP) is 0.727. The number of nitrogens with zero attached hydrogens (tertiary/aromatic N) is 2. The fourth-order valence-electron chi connectivity index (χ4n) is 1.92. The Kier molecular flexibility index (Phi) is 10.1. The molecule has 0 radical (unpaired) electrons. The van der Waals surface area contributed by atoms with E-state index in [9.17, 15) is 4.79 Å². The lowest BCUT2D eigenvalue weighted by Crippen LogP contribution is -2.36. The number of hydrogen-bond donors (Lipinski definition) is 2. The maximum atomic E-state index is 11.3. The van der Waals surface area contributed by atoms with Crippen LogP contribution in [-0.4, -0.2) is 43.7 Å². The molecule has 0 atom stereocenters. The van der Waals surface area contributed by atoms with Crippen LogP contribution in [0.25, 0.3) is 0 Å². The molecule has 2 heterocycles. The Balaban J connectivity index is 0.00000200. The van der Waals surface area contributed by atoms with Crippen molar-refractivity contribution in [2.24, 2.45) is 5.73 Å². The standard InChI is InChI=1S/C13H20N4O2.2ClH/c14-4-3-13(18)16-10-11-1-2-12(15-9-11)17-5-7-19-8-6-17;;/h1-2,9H,3-8,10,14H2,(H,16,18);2*1H. The van der Waals surface area contributed by atoms with Crippen LogP contribution in [0.4, 0.5) is 5.82 Å². The van der Waals surface area contributed by atoms with Crippen molar-refractivity contribution in [3.05, 3.63) is 23.9 Å². The van der Waals surface area contributed by atoms with Gasteiger partial charge in [0.25, 0.3) is 0 Å². The minimum atomic E-state index is -0.0280. The molecule has 1 saturated heterocycles. The molecule has 0 unspecified atom stereocenters. The van der Waals surface area contributed by atoms with Crippen LogP contribution in [0.5, 0.6) is 0 Å². The van der Waals surface area contributed by atoms with Gasteiger partial charge >= 0.3 is 0 Å². The van der Waals surface area contributed by atoms with E-state index in [-0.39, 0.29) is 30.7 Å². The van der Waals surface area contributed by atoms with Crippen molar-refractivity contribution in [1.29, 1.82) is 0 Å². The molecule has 2 rings (SSSR count). The van der Waals surface area contributed by atoms with Gasteiger partial charge < -0.3 is 20.7 Å². The van der Waals surface area contributed by atoms with E-state index in [1.807, 2.05) is 12.1 Å². The number of carbonyl (C=O) groups is 1. The zero-order valence-corrected chi connectivity index (χ0v) is 13.4. The predicted molar refractivity (Wildman–Crippen MR) is 87.3 cm³/mol. The number of nitrogens with one attached hydrogen (secondary N) is 1. The van der Waals surface area contributed by atoms with Crippen molar-refractivity contribution >= 4 is 36.5 Å². The van der Waals surface area contributed by atoms with Crippen LogP contribution in [-0.2, 0) is 16.1 Å². The van der Waals surface area contributed by atoms with E-state index in [4.69, 9.17) is 10.5 Å². The summed E-state index contributed by atoms with van der Waals surface area (Å²) in [5, 5.41) is 2.81. The van der Waals surface area contributed by atoms with E-state index in [1.54, 1.807) is 6.20 Å². The van der Waals surface area contributed by atoms with E-state index in [0.29, 0.717) is 19.5 Å². The first-order valence-corrected chi connectivity index (χ1v) is 6.54. The summed E-state index contributed by atoms with van der Waals surface area (Å²) >= 11 is 0. The van der Waals surface area contributed by atoms with Crippen molar-refractivity contribution in [2.45, 2.75) is 13.0 Å². The Labute approximate surface area is 137 Å². The van der Waals surface area contributed by atoms with E-state index >= 15 is 0 Å². The number of hydrogen-bond acceptors (Lipinski definition) is 5. The summed E-state index contributed by atoms with van der Waals surface area (Å²) in [5.41, 5.74) is 6.30. The number of amides is 1. The minimum absolute atomic E-state index is 0. The first-order chi connectivity index (χ1) is 9.29. The number of nitrogens with two attached hydrogens (primary N) is 1. The minimum Gasteiger partial charge on any atom is -0.378 e. The van der Waals surface area contributed by atoms with E-state index in [2.05, 4.69) is 15.2 Å². The number of halogens is 2. The topological polar surface area (TPSA) is 80.5 Å². The lowest BCUT2D eigenvalue weighted by Gasteiger charge is -2.27. The third-order valence-electron chi connectivity index (χ3n) is 3.01. The molecule has 21 heavy (non-hydrogen) atoms. The van der Waals surface area contributed by atoms with Crippen LogP contribution in [0.2, 0.25) is 0 Å². The first kappa shape index (κ1) is 19.9. The molecule has 1 aliphatic rings. The summed E-state index contributed by atoms with van der Waals surface area (Å²) in [4.78, 5) is 17.9. The molecule has 0 spiro atoms. The number of ether oxygens (including phenoxy) is 1. The van der Waals surface area contributed by atoms with Crippen LogP contribution in [0, 0.1) is 0 Å². The van der Waals surface area contributed by atoms with Crippen LogP contribution in [0.15, 0.2) is 18.3 Å². The molecule has 0 saturated carbocycles. The Morgan fingerprint density at radius 2 is 2.05 bits per heavy atom. The lowest BCUT2D eigenvalue weighted by atomic mass is 10.2. The second-order valence-electron chi connectivity index (χ2n) is 4.44. The number of aromatic nitrogens is 1. The molecule has 3 N–H and O–H groups in total. The van der Waals surface area contributed by atoms with Gasteiger partial charge in [-0.25, -0.2) is 4.98 Å². The van der Waals surface area contributed by atoms with Crippen molar-refractivity contribution in [1.82, 2.24) is 10.3 Å². The van der Waals surface area contributed by atoms with Gasteiger partial charge in [-0.2, -0.15) is 0 Å². The molecular weight excluding hydrogens is 315 g/mol. The average Bonchev–Trinajstić information content (AvgIpc) is 2.47. The van der Waals surface area contributed by atoms with Crippen molar-refractivity contribution in [3.63, 3.8) is 0 Å². The molecule has 0 aromatic carbocycles. The van der Waals surface area contributed by atoms with E-state index < -0.39 is 0 Å². The quantitative estimate of drug-likeness (QED) is 0.828. The molecule has 8 heteroatoms. The number of rotatable bonds is 5. The third-order valence-corrected chi connectivity index (χ3v) is 3.01. The summed E-state index contributed by atoms with van der Waals surface area (Å²) in [6.45, 7) is 4.12. The molecule has 1 fully saturated rings. The number of pyridine rings is 1. The Bertz CT molecular complexity index is 411. The van der Waals surface area contributed by atoms with Crippen molar-refractivity contribution in [3.8, 4) is 0 Å². The summed E-state index contributed by atoms with van der Waals surface area (Å²) in [6.07, 6.45) is 2.16. The second-order valence-corrected chi connectivity index (χ2v) is 4.44. The highest BCUT2D eigenvalue weighted by Gasteiger charge is 2.11. The van der Waals surface area contributed by atoms with E-state index in [1.165, 1.54) is 0 Å². The van der Waals surface area contributed by atoms with Crippen LogP contribution < -0.4 is 16.0 Å². The van der Waals surface area contributed by atoms with Gasteiger partial charge in [0.2, 0.25) is 5.91 Å². The van der Waals surface area contributed by atoms with Gasteiger partial charge in [0, 0.05) is 38.8 Å². The Hall–Kier alpha value is -1.08. The zero-order chi connectivity index (χ0) is 13.5. The molecule has 0 aliphatic carbocycles. The molecule has 1 aromatic rings. The van der Waals surface area contributed by atoms with Crippen molar-refractivity contribution < 1.29 is 9.53 Å². The van der Waals surface area contributed by atoms with Gasteiger partial charge in [-0.3, -0.25) is 4.79 Å². The monoisotopic (exact) mass is 336 g/mol. The van der Waals surface area contributed by atoms with Crippen molar-refractivity contribution in [2.75, 3.05) is 37.7 Å². The van der Waals surface area contributed by atoms with Gasteiger partial charge in [-0.1, -0.05) is 6.07 Å². The SMILES string of the molecule is Cl.Cl.NCCC(=O)NCc1ccc(N2CCOCC2)nc1. The first-order valence-electron chi connectivity index (χ1n) is 6.54. The Morgan fingerprint density at radius 1 is 1.33 bits per heavy atom. The normalized spacial score (nSPS) is 13.9. The summed E-state index contributed by atoms with van der Waals surface area (Å²) in [5.74, 6) is 0.931. The smallest absolute Gasteiger partial charge is 0.221 e. The molecule has 1 aromatic heterocycles. The molecule has 0 bridgehead atoms. The highest BCUT2D eigenvalue weighted by atomic mass is 35.5. The second kappa shape index (κ2) is 10.6. The molecule has 1 aliphatic heterocycles. The van der Waals surface area contributed by atoms with Gasteiger partial charge in [0.1, 0.15) is 5.82 Å². The summed E-state index contributed by atoms with van der Waals surface area (Å²) in [7, 11) is 0. The van der Waals surface area contributed by atoms with Crippen LogP contribution in [0.3, 0.4) is 0 Å². The van der Waals surface area contributed by atoms with Gasteiger partial charge in [-0.15, -0.1) is 24.8 Å². The number of anilines is 1. The average molecular weight is 337 g/mol. The fourth-order valence-corrected chi connectivity index (χ4v) is 1.92. The highest BCUT2D eigenvalue weighted by molar-refractivity contribution is 5.85. The molecular formula is C13H22Cl2N4O2. The lowest BCUT2D eigenvalue weighted by molar-refractivity contribution is -0.121. The third kappa shape index (κ3) is 6.48. The zero-order valence-electron chi connectivity index (χ0n) is 11.8. The van der Waals surface area contributed by atoms with Crippen LogP contribution >= 0.6 is 24.8 Å². The van der Waals surface area contributed by atoms with Gasteiger partial charge in [0.15, 0.2) is 0 Å². The summed E-state index contributed by atoms with van der Waals surface area (Å²) in [6, 6.07) is 3.97. The fraction of sp³-hybridized carbons (Fsp3) is 0.538. The summed E-state index contributed by atoms with van der Waals surface area (Å²) < 4.78 is 5.31.